The minimum Gasteiger partial charge on any atom is -0.454 e. The van der Waals surface area contributed by atoms with Crippen LogP contribution < -0.4 is 20.3 Å². The Morgan fingerprint density at radius 1 is 1.08 bits per heavy atom. The highest BCUT2D eigenvalue weighted by molar-refractivity contribution is 8.26. The smallest absolute Gasteiger partial charge is 0.267 e. The molecule has 9 nitrogen and oxygen atoms in total. The Bertz CT molecular complexity index is 1690. The fourth-order valence-corrected chi connectivity index (χ4v) is 5.58. The molecule has 2 aromatic carbocycles. The zero-order valence-electron chi connectivity index (χ0n) is 20.4. The van der Waals surface area contributed by atoms with E-state index in [-0.39, 0.29) is 42.7 Å². The van der Waals surface area contributed by atoms with Gasteiger partial charge in [0, 0.05) is 12.7 Å². The van der Waals surface area contributed by atoms with Crippen LogP contribution in [0.4, 0.5) is 5.82 Å². The number of thiocarbonyl (C=S) groups is 1. The van der Waals surface area contributed by atoms with E-state index < -0.39 is 6.10 Å². The van der Waals surface area contributed by atoms with Gasteiger partial charge in [-0.1, -0.05) is 66.4 Å². The van der Waals surface area contributed by atoms with E-state index in [2.05, 4.69) is 10.3 Å². The number of benzene rings is 2. The van der Waals surface area contributed by atoms with Crippen molar-refractivity contribution in [3.8, 4) is 11.5 Å². The monoisotopic (exact) mass is 558 g/mol. The van der Waals surface area contributed by atoms with Crippen LogP contribution >= 0.6 is 24.0 Å². The Morgan fingerprint density at radius 3 is 2.72 bits per heavy atom. The van der Waals surface area contributed by atoms with Crippen molar-refractivity contribution in [2.45, 2.75) is 12.6 Å². The number of fused-ring (bicyclic) bond motifs is 2. The van der Waals surface area contributed by atoms with Gasteiger partial charge in [0.2, 0.25) is 6.79 Å². The van der Waals surface area contributed by atoms with Crippen LogP contribution in [0.3, 0.4) is 0 Å². The number of aliphatic hydroxyl groups excluding tert-OH is 1. The summed E-state index contributed by atoms with van der Waals surface area (Å²) in [5, 5.41) is 13.8. The summed E-state index contributed by atoms with van der Waals surface area (Å²) < 4.78 is 12.6. The number of nitrogens with zero attached hydrogens (tertiary/aromatic N) is 3. The summed E-state index contributed by atoms with van der Waals surface area (Å²) in [6, 6.07) is 19.9. The van der Waals surface area contributed by atoms with Gasteiger partial charge in [-0.05, 0) is 41.5 Å². The number of hydrogen-bond donors (Lipinski definition) is 2. The van der Waals surface area contributed by atoms with Crippen LogP contribution in [0.15, 0.2) is 82.6 Å². The Balaban J connectivity index is 1.31. The molecule has 1 atom stereocenters. The van der Waals surface area contributed by atoms with Gasteiger partial charge in [0.15, 0.2) is 11.5 Å². The summed E-state index contributed by atoms with van der Waals surface area (Å²) in [4.78, 5) is 33.3. The number of aliphatic hydroxyl groups is 1. The fourth-order valence-electron chi connectivity index (χ4n) is 4.34. The van der Waals surface area contributed by atoms with E-state index in [4.69, 9.17) is 21.7 Å². The van der Waals surface area contributed by atoms with Gasteiger partial charge in [-0.2, -0.15) is 0 Å². The molecule has 4 heterocycles. The Hall–Kier alpha value is -4.19. The van der Waals surface area contributed by atoms with Crippen LogP contribution in [0, 0.1) is 0 Å². The van der Waals surface area contributed by atoms with E-state index in [1.807, 2.05) is 42.5 Å². The van der Waals surface area contributed by atoms with Crippen LogP contribution in [-0.2, 0) is 11.3 Å². The largest absolute Gasteiger partial charge is 0.454 e. The molecule has 4 aromatic rings. The van der Waals surface area contributed by atoms with Gasteiger partial charge >= 0.3 is 0 Å². The van der Waals surface area contributed by atoms with Crippen molar-refractivity contribution in [1.82, 2.24) is 14.3 Å². The topological polar surface area (TPSA) is 105 Å². The van der Waals surface area contributed by atoms with Crippen molar-refractivity contribution >= 4 is 51.7 Å². The summed E-state index contributed by atoms with van der Waals surface area (Å²) in [5.74, 6) is 1.24. The SMILES string of the molecule is O=C1/C(=C\c2c(NC[C@@H](O)c3ccccc3)nc3ccccn3c2=O)SC(=S)N1Cc1ccc2c(c1)OCO2. The van der Waals surface area contributed by atoms with Gasteiger partial charge in [0.25, 0.3) is 11.5 Å². The molecule has 0 spiro atoms. The third kappa shape index (κ3) is 4.99. The maximum Gasteiger partial charge on any atom is 0.267 e. The van der Waals surface area contributed by atoms with Crippen molar-refractivity contribution in [3.63, 3.8) is 0 Å². The lowest BCUT2D eigenvalue weighted by Gasteiger charge is -2.15. The normalized spacial score (nSPS) is 16.3. The number of amides is 1. The zero-order chi connectivity index (χ0) is 26.9. The molecule has 2 aromatic heterocycles. The minimum absolute atomic E-state index is 0.116. The molecule has 1 fully saturated rings. The second kappa shape index (κ2) is 10.5. The van der Waals surface area contributed by atoms with Gasteiger partial charge in [0.1, 0.15) is 15.8 Å². The number of pyridine rings is 1. The number of carbonyl (C=O) groups excluding carboxylic acids is 1. The first-order valence-electron chi connectivity index (χ1n) is 12.1. The molecule has 196 valence electrons. The highest BCUT2D eigenvalue weighted by Crippen LogP contribution is 2.36. The third-order valence-electron chi connectivity index (χ3n) is 6.34. The first-order valence-corrected chi connectivity index (χ1v) is 13.3. The summed E-state index contributed by atoms with van der Waals surface area (Å²) in [6.07, 6.45) is 2.32. The minimum atomic E-state index is -0.824. The molecule has 1 amide bonds. The van der Waals surface area contributed by atoms with Gasteiger partial charge in [0.05, 0.1) is 23.1 Å². The lowest BCUT2D eigenvalue weighted by atomic mass is 10.1. The molecule has 39 heavy (non-hydrogen) atoms. The highest BCUT2D eigenvalue weighted by Gasteiger charge is 2.33. The number of rotatable bonds is 7. The lowest BCUT2D eigenvalue weighted by molar-refractivity contribution is -0.122. The Morgan fingerprint density at radius 2 is 1.87 bits per heavy atom. The molecular weight excluding hydrogens is 536 g/mol. The number of aromatic nitrogens is 2. The molecule has 0 bridgehead atoms. The van der Waals surface area contributed by atoms with Gasteiger partial charge < -0.3 is 19.9 Å². The van der Waals surface area contributed by atoms with E-state index in [0.717, 1.165) is 22.9 Å². The molecule has 11 heteroatoms. The van der Waals surface area contributed by atoms with Crippen LogP contribution in [0.1, 0.15) is 22.8 Å². The first-order chi connectivity index (χ1) is 19.0. The molecule has 0 radical (unpaired) electrons. The lowest BCUT2D eigenvalue weighted by Crippen LogP contribution is -2.27. The van der Waals surface area contributed by atoms with Crippen molar-refractivity contribution < 1.29 is 19.4 Å². The number of hydrogen-bond acceptors (Lipinski definition) is 9. The maximum atomic E-state index is 13.5. The van der Waals surface area contributed by atoms with Crippen molar-refractivity contribution in [3.05, 3.63) is 105 Å². The molecule has 0 unspecified atom stereocenters. The third-order valence-corrected chi connectivity index (χ3v) is 7.72. The molecule has 2 aliphatic rings. The molecule has 2 aliphatic heterocycles. The van der Waals surface area contributed by atoms with Crippen LogP contribution in [-0.4, -0.2) is 43.0 Å². The Labute approximate surface area is 232 Å². The predicted octanol–water partition coefficient (Wildman–Crippen LogP) is 3.97. The maximum absolute atomic E-state index is 13.5. The number of carbonyl (C=O) groups is 1. The molecule has 0 saturated carbocycles. The van der Waals surface area contributed by atoms with Crippen molar-refractivity contribution in [1.29, 1.82) is 0 Å². The fraction of sp³-hybridized carbons (Fsp3) is 0.143. The van der Waals surface area contributed by atoms with Gasteiger partial charge in [-0.3, -0.25) is 18.9 Å². The van der Waals surface area contributed by atoms with Gasteiger partial charge in [-0.15, -0.1) is 0 Å². The summed E-state index contributed by atoms with van der Waals surface area (Å²) >= 11 is 6.64. The average Bonchev–Trinajstić information content (AvgIpc) is 3.53. The van der Waals surface area contributed by atoms with E-state index in [0.29, 0.717) is 26.4 Å². The number of ether oxygens (including phenoxy) is 2. The summed E-state index contributed by atoms with van der Waals surface area (Å²) in [6.45, 7) is 0.532. The molecule has 1 saturated heterocycles. The molecule has 2 N–H and O–H groups in total. The standard InChI is InChI=1S/C28H22N4O5S2/c33-20(18-6-2-1-3-7-18)14-29-25-19(26(34)31-11-5-4-8-24(31)30-25)13-23-27(35)32(28(38)39-23)15-17-9-10-21-22(12-17)37-16-36-21/h1-13,20,29,33H,14-16H2/b23-13+/t20-/m1/s1. The second-order valence-electron chi connectivity index (χ2n) is 8.87. The molecule has 6 rings (SSSR count). The predicted molar refractivity (Wildman–Crippen MR) is 153 cm³/mol. The van der Waals surface area contributed by atoms with Crippen LogP contribution in [0.25, 0.3) is 11.7 Å². The number of anilines is 1. The second-order valence-corrected chi connectivity index (χ2v) is 10.5. The van der Waals surface area contributed by atoms with E-state index in [1.54, 1.807) is 30.5 Å². The molecule has 0 aliphatic carbocycles. The van der Waals surface area contributed by atoms with Crippen LogP contribution in [0.5, 0.6) is 11.5 Å². The van der Waals surface area contributed by atoms with E-state index >= 15 is 0 Å². The zero-order valence-corrected chi connectivity index (χ0v) is 22.1. The number of thioether (sulfide) groups is 1. The van der Waals surface area contributed by atoms with E-state index in [9.17, 15) is 14.7 Å². The van der Waals surface area contributed by atoms with E-state index in [1.165, 1.54) is 15.4 Å². The number of nitrogens with one attached hydrogen (secondary N) is 1. The molecular formula is C28H22N4O5S2. The summed E-state index contributed by atoms with van der Waals surface area (Å²) in [7, 11) is 0. The average molecular weight is 559 g/mol. The van der Waals surface area contributed by atoms with Crippen LogP contribution in [0.2, 0.25) is 0 Å². The quantitative estimate of drug-likeness (QED) is 0.258. The Kier molecular flexibility index (Phi) is 6.77. The van der Waals surface area contributed by atoms with Gasteiger partial charge in [-0.25, -0.2) is 4.98 Å². The highest BCUT2D eigenvalue weighted by atomic mass is 32.2. The van der Waals surface area contributed by atoms with Crippen molar-refractivity contribution in [2.24, 2.45) is 0 Å². The van der Waals surface area contributed by atoms with Crippen molar-refractivity contribution in [2.75, 3.05) is 18.7 Å². The summed E-state index contributed by atoms with van der Waals surface area (Å²) in [5.41, 5.74) is 1.85. The first kappa shape index (κ1) is 25.1.